The number of fused-ring (bicyclic) bond motifs is 1. The molecular formula is C24H16N2S. The topological polar surface area (TPSA) is 25.8 Å². The standard InChI is InChI=1S/C24H16N2S/c1-3-7-17(8-4-1)18-11-13-19(14-12-18)21-15-22(20-9-5-2-6-10-20)24-23(16-21)25-26-27-24/h1-16H. The molecule has 5 aromatic rings. The molecule has 27 heavy (non-hydrogen) atoms. The molecule has 0 aliphatic rings. The third-order valence-corrected chi connectivity index (χ3v) is 5.54. The van der Waals surface area contributed by atoms with Gasteiger partial charge in [0.2, 0.25) is 0 Å². The van der Waals surface area contributed by atoms with E-state index in [9.17, 15) is 0 Å². The number of nitrogens with zero attached hydrogens (tertiary/aromatic N) is 2. The molecule has 0 unspecified atom stereocenters. The fourth-order valence-electron chi connectivity index (χ4n) is 3.37. The second-order valence-electron chi connectivity index (χ2n) is 6.45. The van der Waals surface area contributed by atoms with E-state index in [1.165, 1.54) is 39.3 Å². The minimum absolute atomic E-state index is 0.948. The summed E-state index contributed by atoms with van der Waals surface area (Å²) in [5.41, 5.74) is 8.12. The van der Waals surface area contributed by atoms with E-state index in [1.807, 2.05) is 12.1 Å². The van der Waals surface area contributed by atoms with E-state index in [4.69, 9.17) is 0 Å². The van der Waals surface area contributed by atoms with Crippen molar-refractivity contribution in [2.24, 2.45) is 0 Å². The van der Waals surface area contributed by atoms with Crippen molar-refractivity contribution < 1.29 is 0 Å². The van der Waals surface area contributed by atoms with Gasteiger partial charge in [-0.1, -0.05) is 89.4 Å². The van der Waals surface area contributed by atoms with Crippen molar-refractivity contribution in [3.05, 3.63) is 97.1 Å². The first-order valence-corrected chi connectivity index (χ1v) is 9.63. The summed E-state index contributed by atoms with van der Waals surface area (Å²) in [7, 11) is 0. The van der Waals surface area contributed by atoms with Gasteiger partial charge in [0.25, 0.3) is 0 Å². The molecule has 4 aromatic carbocycles. The van der Waals surface area contributed by atoms with Gasteiger partial charge in [-0.15, -0.1) is 5.10 Å². The fraction of sp³-hybridized carbons (Fsp3) is 0. The highest BCUT2D eigenvalue weighted by Gasteiger charge is 2.11. The van der Waals surface area contributed by atoms with Crippen LogP contribution in [0.4, 0.5) is 0 Å². The zero-order chi connectivity index (χ0) is 18.1. The van der Waals surface area contributed by atoms with Crippen molar-refractivity contribution in [2.45, 2.75) is 0 Å². The van der Waals surface area contributed by atoms with E-state index in [0.717, 1.165) is 15.8 Å². The van der Waals surface area contributed by atoms with Crippen molar-refractivity contribution in [1.82, 2.24) is 9.59 Å². The molecule has 0 spiro atoms. The van der Waals surface area contributed by atoms with Gasteiger partial charge in [-0.25, -0.2) is 0 Å². The minimum Gasteiger partial charge on any atom is -0.138 e. The van der Waals surface area contributed by atoms with Crippen LogP contribution < -0.4 is 0 Å². The Morgan fingerprint density at radius 3 is 1.74 bits per heavy atom. The molecule has 0 bridgehead atoms. The Labute approximate surface area is 161 Å². The Kier molecular flexibility index (Phi) is 4.00. The van der Waals surface area contributed by atoms with Gasteiger partial charge in [-0.3, -0.25) is 0 Å². The number of hydrogen-bond donors (Lipinski definition) is 0. The van der Waals surface area contributed by atoms with E-state index in [-0.39, 0.29) is 0 Å². The summed E-state index contributed by atoms with van der Waals surface area (Å²) in [5.74, 6) is 0. The summed E-state index contributed by atoms with van der Waals surface area (Å²) < 4.78 is 5.30. The lowest BCUT2D eigenvalue weighted by molar-refractivity contribution is 1.20. The molecule has 0 N–H and O–H groups in total. The Hall–Kier alpha value is -3.30. The molecule has 0 saturated carbocycles. The van der Waals surface area contributed by atoms with Crippen LogP contribution in [0.25, 0.3) is 43.6 Å². The Bertz CT molecular complexity index is 1190. The molecule has 128 valence electrons. The van der Waals surface area contributed by atoms with Crippen LogP contribution in [0.2, 0.25) is 0 Å². The van der Waals surface area contributed by atoms with Gasteiger partial charge >= 0.3 is 0 Å². The van der Waals surface area contributed by atoms with Crippen LogP contribution in [0.15, 0.2) is 97.1 Å². The molecule has 2 nitrogen and oxygen atoms in total. The third kappa shape index (κ3) is 3.03. The van der Waals surface area contributed by atoms with Crippen molar-refractivity contribution >= 4 is 21.7 Å². The first-order valence-electron chi connectivity index (χ1n) is 8.86. The Morgan fingerprint density at radius 2 is 1.07 bits per heavy atom. The van der Waals surface area contributed by atoms with Crippen LogP contribution in [0.5, 0.6) is 0 Å². The molecular weight excluding hydrogens is 348 g/mol. The van der Waals surface area contributed by atoms with Gasteiger partial charge in [0.05, 0.1) is 4.70 Å². The first-order chi connectivity index (χ1) is 13.4. The largest absolute Gasteiger partial charge is 0.138 e. The van der Waals surface area contributed by atoms with Gasteiger partial charge in [0.1, 0.15) is 5.52 Å². The van der Waals surface area contributed by atoms with Crippen LogP contribution >= 0.6 is 11.5 Å². The molecule has 0 atom stereocenters. The van der Waals surface area contributed by atoms with Crippen LogP contribution in [-0.4, -0.2) is 9.59 Å². The molecule has 0 amide bonds. The average molecular weight is 364 g/mol. The number of aromatic nitrogens is 2. The van der Waals surface area contributed by atoms with Gasteiger partial charge in [0.15, 0.2) is 0 Å². The normalized spacial score (nSPS) is 11.0. The second kappa shape index (κ2) is 6.78. The van der Waals surface area contributed by atoms with E-state index < -0.39 is 0 Å². The van der Waals surface area contributed by atoms with E-state index in [2.05, 4.69) is 94.5 Å². The summed E-state index contributed by atoms with van der Waals surface area (Å²) in [4.78, 5) is 0. The molecule has 0 radical (unpaired) electrons. The molecule has 0 fully saturated rings. The molecule has 1 aromatic heterocycles. The first kappa shape index (κ1) is 15.9. The van der Waals surface area contributed by atoms with Crippen LogP contribution in [0.1, 0.15) is 0 Å². The van der Waals surface area contributed by atoms with Crippen molar-refractivity contribution in [1.29, 1.82) is 0 Å². The predicted octanol–water partition coefficient (Wildman–Crippen LogP) is 6.69. The van der Waals surface area contributed by atoms with Crippen LogP contribution in [-0.2, 0) is 0 Å². The maximum absolute atomic E-state index is 4.32. The lowest BCUT2D eigenvalue weighted by Gasteiger charge is -2.08. The Morgan fingerprint density at radius 1 is 0.519 bits per heavy atom. The Balaban J connectivity index is 1.61. The summed E-state index contributed by atoms with van der Waals surface area (Å²) in [6.07, 6.45) is 0. The lowest BCUT2D eigenvalue weighted by Crippen LogP contribution is -1.84. The highest BCUT2D eigenvalue weighted by molar-refractivity contribution is 7.13. The van der Waals surface area contributed by atoms with Gasteiger partial charge in [0, 0.05) is 5.56 Å². The summed E-state index contributed by atoms with van der Waals surface area (Å²) >= 11 is 1.45. The smallest absolute Gasteiger partial charge is 0.107 e. The zero-order valence-corrected chi connectivity index (χ0v) is 15.4. The predicted molar refractivity (Wildman–Crippen MR) is 114 cm³/mol. The molecule has 3 heteroatoms. The van der Waals surface area contributed by atoms with Crippen LogP contribution in [0, 0.1) is 0 Å². The number of rotatable bonds is 3. The third-order valence-electron chi connectivity index (χ3n) is 4.76. The van der Waals surface area contributed by atoms with Crippen molar-refractivity contribution in [3.8, 4) is 33.4 Å². The fourth-order valence-corrected chi connectivity index (χ4v) is 4.05. The lowest BCUT2D eigenvalue weighted by atomic mass is 9.96. The monoisotopic (exact) mass is 364 g/mol. The molecule has 0 saturated heterocycles. The quantitative estimate of drug-likeness (QED) is 0.356. The van der Waals surface area contributed by atoms with Gasteiger partial charge in [-0.05, 0) is 51.5 Å². The van der Waals surface area contributed by atoms with Crippen molar-refractivity contribution in [3.63, 3.8) is 0 Å². The second-order valence-corrected chi connectivity index (χ2v) is 7.21. The average Bonchev–Trinajstić information content (AvgIpc) is 3.23. The van der Waals surface area contributed by atoms with Gasteiger partial charge in [-0.2, -0.15) is 0 Å². The van der Waals surface area contributed by atoms with Crippen LogP contribution in [0.3, 0.4) is 0 Å². The molecule has 0 aliphatic heterocycles. The number of hydrogen-bond acceptors (Lipinski definition) is 3. The summed E-state index contributed by atoms with van der Waals surface area (Å²) in [6, 6.07) is 34.0. The highest BCUT2D eigenvalue weighted by atomic mass is 32.1. The highest BCUT2D eigenvalue weighted by Crippen LogP contribution is 2.35. The summed E-state index contributed by atoms with van der Waals surface area (Å²) in [5, 5.41) is 4.32. The SMILES string of the molecule is c1ccc(-c2ccc(-c3cc(-c4ccccc4)c4snnc4c3)cc2)cc1. The van der Waals surface area contributed by atoms with E-state index in [0.29, 0.717) is 0 Å². The summed E-state index contributed by atoms with van der Waals surface area (Å²) in [6.45, 7) is 0. The minimum atomic E-state index is 0.948. The zero-order valence-electron chi connectivity index (χ0n) is 14.5. The van der Waals surface area contributed by atoms with Gasteiger partial charge < -0.3 is 0 Å². The van der Waals surface area contributed by atoms with E-state index >= 15 is 0 Å². The van der Waals surface area contributed by atoms with E-state index in [1.54, 1.807) is 0 Å². The molecule has 0 aliphatic carbocycles. The maximum atomic E-state index is 4.32. The molecule has 5 rings (SSSR count). The van der Waals surface area contributed by atoms with Crippen molar-refractivity contribution in [2.75, 3.05) is 0 Å². The molecule has 1 heterocycles. The number of benzene rings is 4. The maximum Gasteiger partial charge on any atom is 0.107 e.